The van der Waals surface area contributed by atoms with Crippen LogP contribution in [0.25, 0.3) is 0 Å². The van der Waals surface area contributed by atoms with E-state index in [1.807, 2.05) is 32.9 Å². The summed E-state index contributed by atoms with van der Waals surface area (Å²) in [6.45, 7) is 6.68. The third kappa shape index (κ3) is 4.00. The Morgan fingerprint density at radius 1 is 1.39 bits per heavy atom. The predicted molar refractivity (Wildman–Crippen MR) is 79.1 cm³/mol. The normalized spacial score (nSPS) is 11.2. The van der Waals surface area contributed by atoms with Crippen LogP contribution in [0.1, 0.15) is 31.4 Å². The van der Waals surface area contributed by atoms with Crippen LogP contribution in [0.4, 0.5) is 0 Å². The Hall–Kier alpha value is -1.62. The Balaban J connectivity index is 2.91. The summed E-state index contributed by atoms with van der Waals surface area (Å²) in [5.41, 5.74) is 5.37. The Morgan fingerprint density at radius 2 is 2.11 bits per heavy atom. The second-order valence-corrected chi connectivity index (χ2v) is 4.31. The van der Waals surface area contributed by atoms with Gasteiger partial charge in [0.1, 0.15) is 5.75 Å². The molecule has 5 heteroatoms. The highest BCUT2D eigenvalue weighted by atomic mass is 32.1. The molecule has 1 aromatic carbocycles. The quantitative estimate of drug-likeness (QED) is 0.444. The minimum Gasteiger partial charge on any atom is -0.507 e. The summed E-state index contributed by atoms with van der Waals surface area (Å²) >= 11 is 5.04. The van der Waals surface area contributed by atoms with Crippen LogP contribution in [-0.2, 0) is 0 Å². The van der Waals surface area contributed by atoms with Gasteiger partial charge < -0.3 is 10.4 Å². The van der Waals surface area contributed by atoms with Crippen LogP contribution in [0, 0.1) is 6.92 Å². The molecule has 0 aliphatic carbocycles. The second-order valence-electron chi connectivity index (χ2n) is 3.90. The van der Waals surface area contributed by atoms with Gasteiger partial charge in [0, 0.05) is 12.1 Å². The number of thiocarbonyl (C=S) groups is 1. The fourth-order valence-corrected chi connectivity index (χ4v) is 1.72. The molecular formula is C13H19N3OS. The topological polar surface area (TPSA) is 56.7 Å². The summed E-state index contributed by atoms with van der Waals surface area (Å²) in [5, 5.41) is 17.5. The van der Waals surface area contributed by atoms with Gasteiger partial charge in [-0.1, -0.05) is 18.6 Å². The third-order valence-corrected chi connectivity index (χ3v) is 2.66. The Kier molecular flexibility index (Phi) is 5.58. The zero-order valence-corrected chi connectivity index (χ0v) is 11.8. The number of nitrogens with zero attached hydrogens (tertiary/aromatic N) is 1. The summed E-state index contributed by atoms with van der Waals surface area (Å²) in [7, 11) is 0. The second kappa shape index (κ2) is 6.96. The molecule has 3 N–H and O–H groups in total. The fourth-order valence-electron chi connectivity index (χ4n) is 1.53. The standard InChI is InChI=1S/C13H19N3OS/c1-4-11(15-16-13(18)14-5-2)10-8-9(3)6-7-12(10)17/h6-8,17H,4-5H2,1-3H3,(H2,14,16,18)/b15-11+. The summed E-state index contributed by atoms with van der Waals surface area (Å²) < 4.78 is 0. The van der Waals surface area contributed by atoms with Crippen LogP contribution in [0.2, 0.25) is 0 Å². The lowest BCUT2D eigenvalue weighted by Gasteiger charge is -2.09. The van der Waals surface area contributed by atoms with Crippen molar-refractivity contribution in [2.45, 2.75) is 27.2 Å². The van der Waals surface area contributed by atoms with Crippen molar-refractivity contribution < 1.29 is 5.11 Å². The van der Waals surface area contributed by atoms with Gasteiger partial charge in [0.2, 0.25) is 0 Å². The molecule has 0 amide bonds. The molecule has 0 spiro atoms. The van der Waals surface area contributed by atoms with E-state index in [2.05, 4.69) is 15.8 Å². The smallest absolute Gasteiger partial charge is 0.186 e. The number of benzene rings is 1. The molecule has 4 nitrogen and oxygen atoms in total. The predicted octanol–water partition coefficient (Wildman–Crippen LogP) is 2.30. The van der Waals surface area contributed by atoms with Crippen molar-refractivity contribution in [3.63, 3.8) is 0 Å². The van der Waals surface area contributed by atoms with Crippen LogP contribution >= 0.6 is 12.2 Å². The summed E-state index contributed by atoms with van der Waals surface area (Å²) in [6.07, 6.45) is 0.707. The first-order valence-electron chi connectivity index (χ1n) is 5.98. The average Bonchev–Trinajstić information content (AvgIpc) is 2.34. The van der Waals surface area contributed by atoms with E-state index < -0.39 is 0 Å². The van der Waals surface area contributed by atoms with E-state index in [9.17, 15) is 5.11 Å². The van der Waals surface area contributed by atoms with Crippen LogP contribution in [0.5, 0.6) is 5.75 Å². The first kappa shape index (κ1) is 14.4. The maximum absolute atomic E-state index is 9.85. The Bertz CT molecular complexity index is 458. The number of nitrogens with one attached hydrogen (secondary N) is 2. The molecule has 0 bridgehead atoms. The maximum Gasteiger partial charge on any atom is 0.186 e. The molecule has 98 valence electrons. The van der Waals surface area contributed by atoms with Crippen LogP contribution < -0.4 is 10.7 Å². The van der Waals surface area contributed by atoms with Gasteiger partial charge in [-0.15, -0.1) is 0 Å². The van der Waals surface area contributed by atoms with Crippen LogP contribution in [0.15, 0.2) is 23.3 Å². The molecule has 0 saturated heterocycles. The van der Waals surface area contributed by atoms with Crippen LogP contribution in [0.3, 0.4) is 0 Å². The molecule has 1 aromatic rings. The van der Waals surface area contributed by atoms with Crippen molar-refractivity contribution in [3.8, 4) is 5.75 Å². The Morgan fingerprint density at radius 3 is 2.72 bits per heavy atom. The van der Waals surface area contributed by atoms with Gasteiger partial charge in [0.05, 0.1) is 5.71 Å². The van der Waals surface area contributed by atoms with E-state index >= 15 is 0 Å². The van der Waals surface area contributed by atoms with Gasteiger partial charge in [-0.2, -0.15) is 5.10 Å². The van der Waals surface area contributed by atoms with Crippen molar-refractivity contribution in [1.82, 2.24) is 10.7 Å². The van der Waals surface area contributed by atoms with Gasteiger partial charge in [-0.3, -0.25) is 5.43 Å². The molecule has 0 aliphatic rings. The molecule has 0 radical (unpaired) electrons. The number of phenolic OH excluding ortho intramolecular Hbond substituents is 1. The van der Waals surface area contributed by atoms with E-state index in [-0.39, 0.29) is 5.75 Å². The lowest BCUT2D eigenvalue weighted by atomic mass is 10.0. The molecule has 0 saturated carbocycles. The summed E-state index contributed by atoms with van der Waals surface area (Å²) in [4.78, 5) is 0. The average molecular weight is 265 g/mol. The molecule has 0 atom stereocenters. The summed E-state index contributed by atoms with van der Waals surface area (Å²) in [6, 6.07) is 5.46. The van der Waals surface area contributed by atoms with Crippen molar-refractivity contribution in [2.75, 3.05) is 6.54 Å². The molecule has 0 fully saturated rings. The van der Waals surface area contributed by atoms with Gasteiger partial charge in [0.15, 0.2) is 5.11 Å². The van der Waals surface area contributed by atoms with Gasteiger partial charge >= 0.3 is 0 Å². The number of phenols is 1. The van der Waals surface area contributed by atoms with Crippen molar-refractivity contribution in [3.05, 3.63) is 29.3 Å². The van der Waals surface area contributed by atoms with Gasteiger partial charge in [-0.05, 0) is 44.6 Å². The SMILES string of the molecule is CCNC(=S)N/N=C(\CC)c1cc(C)ccc1O. The van der Waals surface area contributed by atoms with E-state index in [0.717, 1.165) is 23.4 Å². The maximum atomic E-state index is 9.85. The number of hydrazone groups is 1. The highest BCUT2D eigenvalue weighted by Gasteiger charge is 2.07. The number of hydrogen-bond donors (Lipinski definition) is 3. The highest BCUT2D eigenvalue weighted by Crippen LogP contribution is 2.20. The Labute approximate surface area is 113 Å². The molecule has 0 heterocycles. The van der Waals surface area contributed by atoms with Crippen molar-refractivity contribution in [1.29, 1.82) is 0 Å². The number of aromatic hydroxyl groups is 1. The lowest BCUT2D eigenvalue weighted by Crippen LogP contribution is -2.32. The molecule has 1 rings (SSSR count). The largest absolute Gasteiger partial charge is 0.507 e. The van der Waals surface area contributed by atoms with E-state index in [0.29, 0.717) is 11.5 Å². The third-order valence-electron chi connectivity index (χ3n) is 2.43. The van der Waals surface area contributed by atoms with E-state index in [1.54, 1.807) is 6.07 Å². The molecule has 0 aromatic heterocycles. The van der Waals surface area contributed by atoms with Gasteiger partial charge in [0.25, 0.3) is 0 Å². The lowest BCUT2D eigenvalue weighted by molar-refractivity contribution is 0.474. The number of aryl methyl sites for hydroxylation is 1. The van der Waals surface area contributed by atoms with E-state index in [4.69, 9.17) is 12.2 Å². The molecule has 0 unspecified atom stereocenters. The van der Waals surface area contributed by atoms with Gasteiger partial charge in [-0.25, -0.2) is 0 Å². The van der Waals surface area contributed by atoms with Crippen molar-refractivity contribution >= 4 is 23.0 Å². The van der Waals surface area contributed by atoms with Crippen LogP contribution in [-0.4, -0.2) is 22.5 Å². The molecule has 18 heavy (non-hydrogen) atoms. The first-order chi connectivity index (χ1) is 8.58. The highest BCUT2D eigenvalue weighted by molar-refractivity contribution is 7.80. The zero-order chi connectivity index (χ0) is 13.5. The monoisotopic (exact) mass is 265 g/mol. The molecule has 0 aliphatic heterocycles. The minimum atomic E-state index is 0.234. The zero-order valence-electron chi connectivity index (χ0n) is 10.9. The number of hydrogen-bond acceptors (Lipinski definition) is 3. The fraction of sp³-hybridized carbons (Fsp3) is 0.385. The molecular weight excluding hydrogens is 246 g/mol. The van der Waals surface area contributed by atoms with E-state index in [1.165, 1.54) is 0 Å². The first-order valence-corrected chi connectivity index (χ1v) is 6.39. The number of rotatable bonds is 4. The van der Waals surface area contributed by atoms with Crippen molar-refractivity contribution in [2.24, 2.45) is 5.10 Å². The summed E-state index contributed by atoms with van der Waals surface area (Å²) in [5.74, 6) is 0.234. The minimum absolute atomic E-state index is 0.234.